The standard InChI is InChI=1S/C11H18O2/c1-8(2)6-5-7-9(3)10(4)11(12)13/h6,10H,3,5,7H2,1-2,4H3,(H,12,13)/t10-/m0/s1. The molecular formula is C11H18O2. The minimum Gasteiger partial charge on any atom is -0.481 e. The number of aliphatic carboxylic acids is 1. The summed E-state index contributed by atoms with van der Waals surface area (Å²) < 4.78 is 0. The molecule has 0 amide bonds. The maximum atomic E-state index is 10.6. The van der Waals surface area contributed by atoms with Crippen LogP contribution in [-0.4, -0.2) is 11.1 Å². The summed E-state index contributed by atoms with van der Waals surface area (Å²) in [6, 6.07) is 0. The molecule has 2 heteroatoms. The van der Waals surface area contributed by atoms with E-state index in [1.54, 1.807) is 6.92 Å². The molecule has 0 fully saturated rings. The molecule has 0 aromatic rings. The van der Waals surface area contributed by atoms with E-state index in [0.29, 0.717) is 0 Å². The molecule has 2 nitrogen and oxygen atoms in total. The number of rotatable bonds is 5. The van der Waals surface area contributed by atoms with E-state index in [2.05, 4.69) is 12.7 Å². The fourth-order valence-electron chi connectivity index (χ4n) is 0.937. The molecule has 0 spiro atoms. The first-order chi connectivity index (χ1) is 5.95. The van der Waals surface area contributed by atoms with Crippen LogP contribution in [-0.2, 0) is 4.79 Å². The number of carbonyl (C=O) groups is 1. The average Bonchev–Trinajstić information content (AvgIpc) is 2.02. The second-order valence-electron chi connectivity index (χ2n) is 3.54. The van der Waals surface area contributed by atoms with Crippen molar-refractivity contribution in [1.29, 1.82) is 0 Å². The third-order valence-corrected chi connectivity index (χ3v) is 2.00. The van der Waals surface area contributed by atoms with Crippen molar-refractivity contribution in [2.24, 2.45) is 5.92 Å². The fraction of sp³-hybridized carbons (Fsp3) is 0.545. The normalized spacial score (nSPS) is 11.9. The molecule has 0 bridgehead atoms. The first kappa shape index (κ1) is 11.9. The molecule has 74 valence electrons. The lowest BCUT2D eigenvalue weighted by Crippen LogP contribution is -2.11. The predicted octanol–water partition coefficient (Wildman–Crippen LogP) is 3.01. The highest BCUT2D eigenvalue weighted by molar-refractivity contribution is 5.72. The number of carboxylic acids is 1. The lowest BCUT2D eigenvalue weighted by atomic mass is 9.98. The summed E-state index contributed by atoms with van der Waals surface area (Å²) in [5.74, 6) is -1.22. The quantitative estimate of drug-likeness (QED) is 0.663. The maximum absolute atomic E-state index is 10.6. The van der Waals surface area contributed by atoms with Gasteiger partial charge >= 0.3 is 5.97 Å². The van der Waals surface area contributed by atoms with Gasteiger partial charge < -0.3 is 5.11 Å². The average molecular weight is 182 g/mol. The monoisotopic (exact) mass is 182 g/mol. The Morgan fingerprint density at radius 1 is 1.54 bits per heavy atom. The van der Waals surface area contributed by atoms with Crippen LogP contribution in [0.4, 0.5) is 0 Å². The molecule has 0 aliphatic carbocycles. The molecule has 0 aromatic carbocycles. The van der Waals surface area contributed by atoms with Crippen molar-refractivity contribution in [3.63, 3.8) is 0 Å². The Bertz CT molecular complexity index is 222. The van der Waals surface area contributed by atoms with Crippen molar-refractivity contribution in [3.8, 4) is 0 Å². The van der Waals surface area contributed by atoms with Crippen molar-refractivity contribution >= 4 is 5.97 Å². The Hall–Kier alpha value is -1.05. The molecule has 0 saturated heterocycles. The minimum absolute atomic E-state index is 0.425. The van der Waals surface area contributed by atoms with Crippen LogP contribution < -0.4 is 0 Å². The third-order valence-electron chi connectivity index (χ3n) is 2.00. The summed E-state index contributed by atoms with van der Waals surface area (Å²) in [5.41, 5.74) is 2.06. The third kappa shape index (κ3) is 5.23. The highest BCUT2D eigenvalue weighted by atomic mass is 16.4. The Morgan fingerprint density at radius 3 is 2.46 bits per heavy atom. The lowest BCUT2D eigenvalue weighted by molar-refractivity contribution is -0.139. The van der Waals surface area contributed by atoms with Crippen molar-refractivity contribution in [2.45, 2.75) is 33.6 Å². The number of allylic oxidation sites excluding steroid dienone is 2. The zero-order valence-electron chi connectivity index (χ0n) is 8.63. The zero-order chi connectivity index (χ0) is 10.4. The van der Waals surface area contributed by atoms with Crippen molar-refractivity contribution in [2.75, 3.05) is 0 Å². The smallest absolute Gasteiger partial charge is 0.310 e. The Kier molecular flexibility index (Phi) is 5.12. The second-order valence-corrected chi connectivity index (χ2v) is 3.54. The van der Waals surface area contributed by atoms with E-state index in [0.717, 1.165) is 18.4 Å². The van der Waals surface area contributed by atoms with Crippen LogP contribution in [0.25, 0.3) is 0 Å². The van der Waals surface area contributed by atoms with E-state index in [-0.39, 0.29) is 0 Å². The summed E-state index contributed by atoms with van der Waals surface area (Å²) in [4.78, 5) is 10.6. The first-order valence-corrected chi connectivity index (χ1v) is 4.49. The molecule has 0 rings (SSSR count). The van der Waals surface area contributed by atoms with Crippen LogP contribution in [0.5, 0.6) is 0 Å². The Balaban J connectivity index is 3.89. The summed E-state index contributed by atoms with van der Waals surface area (Å²) in [6.07, 6.45) is 3.75. The topological polar surface area (TPSA) is 37.3 Å². The number of carboxylic acid groups (broad SMARTS) is 1. The van der Waals surface area contributed by atoms with Crippen molar-refractivity contribution < 1.29 is 9.90 Å². The predicted molar refractivity (Wildman–Crippen MR) is 54.6 cm³/mol. The largest absolute Gasteiger partial charge is 0.481 e. The number of hydrogen-bond donors (Lipinski definition) is 1. The molecule has 0 unspecified atom stereocenters. The Labute approximate surface area is 80.0 Å². The van der Waals surface area contributed by atoms with E-state index in [1.807, 2.05) is 13.8 Å². The van der Waals surface area contributed by atoms with Gasteiger partial charge in [-0.05, 0) is 33.6 Å². The molecular weight excluding hydrogens is 164 g/mol. The van der Waals surface area contributed by atoms with Gasteiger partial charge in [-0.25, -0.2) is 0 Å². The van der Waals surface area contributed by atoms with E-state index in [1.165, 1.54) is 5.57 Å². The number of hydrogen-bond acceptors (Lipinski definition) is 1. The molecule has 0 radical (unpaired) electrons. The van der Waals surface area contributed by atoms with E-state index < -0.39 is 11.9 Å². The van der Waals surface area contributed by atoms with Gasteiger partial charge in [-0.1, -0.05) is 23.8 Å². The molecule has 0 saturated carbocycles. The van der Waals surface area contributed by atoms with Crippen molar-refractivity contribution in [3.05, 3.63) is 23.8 Å². The summed E-state index contributed by atoms with van der Waals surface area (Å²) >= 11 is 0. The van der Waals surface area contributed by atoms with Gasteiger partial charge in [-0.3, -0.25) is 4.79 Å². The molecule has 1 N–H and O–H groups in total. The zero-order valence-corrected chi connectivity index (χ0v) is 8.63. The van der Waals surface area contributed by atoms with Gasteiger partial charge in [0, 0.05) is 0 Å². The van der Waals surface area contributed by atoms with Crippen LogP contribution in [0, 0.1) is 5.92 Å². The molecule has 0 aliphatic rings. The van der Waals surface area contributed by atoms with Gasteiger partial charge in [0.2, 0.25) is 0 Å². The van der Waals surface area contributed by atoms with Crippen LogP contribution in [0.1, 0.15) is 33.6 Å². The summed E-state index contributed by atoms with van der Waals surface area (Å²) in [7, 11) is 0. The molecule has 13 heavy (non-hydrogen) atoms. The van der Waals surface area contributed by atoms with E-state index in [4.69, 9.17) is 5.11 Å². The first-order valence-electron chi connectivity index (χ1n) is 4.49. The van der Waals surface area contributed by atoms with Gasteiger partial charge in [0.1, 0.15) is 0 Å². The van der Waals surface area contributed by atoms with Gasteiger partial charge in [-0.15, -0.1) is 0 Å². The minimum atomic E-state index is -0.790. The maximum Gasteiger partial charge on any atom is 0.310 e. The van der Waals surface area contributed by atoms with Crippen LogP contribution in [0.3, 0.4) is 0 Å². The Morgan fingerprint density at radius 2 is 2.08 bits per heavy atom. The molecule has 0 aromatic heterocycles. The van der Waals surface area contributed by atoms with Gasteiger partial charge in [0.25, 0.3) is 0 Å². The summed E-state index contributed by atoms with van der Waals surface area (Å²) in [6.45, 7) is 9.50. The molecule has 0 heterocycles. The van der Waals surface area contributed by atoms with Crippen molar-refractivity contribution in [1.82, 2.24) is 0 Å². The highest BCUT2D eigenvalue weighted by Gasteiger charge is 2.13. The molecule has 0 aliphatic heterocycles. The van der Waals surface area contributed by atoms with Gasteiger partial charge in [-0.2, -0.15) is 0 Å². The van der Waals surface area contributed by atoms with Crippen LogP contribution in [0.15, 0.2) is 23.8 Å². The van der Waals surface area contributed by atoms with E-state index >= 15 is 0 Å². The van der Waals surface area contributed by atoms with Crippen LogP contribution in [0.2, 0.25) is 0 Å². The summed E-state index contributed by atoms with van der Waals surface area (Å²) in [5, 5.41) is 8.68. The van der Waals surface area contributed by atoms with Gasteiger partial charge in [0.05, 0.1) is 5.92 Å². The fourth-order valence-corrected chi connectivity index (χ4v) is 0.937. The molecule has 1 atom stereocenters. The lowest BCUT2D eigenvalue weighted by Gasteiger charge is -2.08. The van der Waals surface area contributed by atoms with E-state index in [9.17, 15) is 4.79 Å². The van der Waals surface area contributed by atoms with Gasteiger partial charge in [0.15, 0.2) is 0 Å². The second kappa shape index (κ2) is 5.57. The van der Waals surface area contributed by atoms with Crippen LogP contribution >= 0.6 is 0 Å². The highest BCUT2D eigenvalue weighted by Crippen LogP contribution is 2.15. The SMILES string of the molecule is C=C(CCC=C(C)C)[C@H](C)C(=O)O.